The average molecular weight is 303 g/mol. The van der Waals surface area contributed by atoms with E-state index in [0.717, 1.165) is 5.76 Å². The molecule has 1 saturated heterocycles. The molecule has 0 spiro atoms. The lowest BCUT2D eigenvalue weighted by atomic mass is 10.2. The van der Waals surface area contributed by atoms with E-state index in [9.17, 15) is 9.59 Å². The molecule has 7 heteroatoms. The van der Waals surface area contributed by atoms with Crippen LogP contribution in [0.1, 0.15) is 30.1 Å². The van der Waals surface area contributed by atoms with Gasteiger partial charge >= 0.3 is 0 Å². The third kappa shape index (κ3) is 2.88. The molecular formula is C15H17N3O4. The molecule has 2 aromatic rings. The molecule has 7 nitrogen and oxygen atoms in total. The van der Waals surface area contributed by atoms with Gasteiger partial charge in [-0.3, -0.25) is 9.59 Å². The van der Waals surface area contributed by atoms with Gasteiger partial charge in [0.25, 0.3) is 0 Å². The molecule has 1 N–H and O–H groups in total. The number of likely N-dealkylation sites (tertiary alicyclic amines) is 1. The van der Waals surface area contributed by atoms with Crippen molar-refractivity contribution in [2.45, 2.75) is 39.3 Å². The lowest BCUT2D eigenvalue weighted by molar-refractivity contribution is -0.134. The van der Waals surface area contributed by atoms with Crippen LogP contribution >= 0.6 is 0 Å². The molecule has 0 aliphatic carbocycles. The van der Waals surface area contributed by atoms with Gasteiger partial charge in [-0.2, -0.15) is 0 Å². The third-order valence-electron chi connectivity index (χ3n) is 3.63. The number of furan rings is 1. The van der Waals surface area contributed by atoms with E-state index in [0.29, 0.717) is 36.7 Å². The zero-order valence-electron chi connectivity index (χ0n) is 12.5. The Morgan fingerprint density at radius 1 is 1.41 bits per heavy atom. The van der Waals surface area contributed by atoms with Gasteiger partial charge < -0.3 is 19.2 Å². The number of rotatable bonds is 4. The van der Waals surface area contributed by atoms with Gasteiger partial charge in [0, 0.05) is 12.5 Å². The fourth-order valence-corrected chi connectivity index (χ4v) is 2.58. The van der Waals surface area contributed by atoms with E-state index in [1.807, 2.05) is 19.1 Å². The minimum atomic E-state index is -0.519. The molecule has 0 radical (unpaired) electrons. The third-order valence-corrected chi connectivity index (χ3v) is 3.63. The van der Waals surface area contributed by atoms with E-state index in [1.54, 1.807) is 17.9 Å². The highest BCUT2D eigenvalue weighted by molar-refractivity contribution is 5.98. The van der Waals surface area contributed by atoms with Crippen molar-refractivity contribution in [3.8, 4) is 0 Å². The van der Waals surface area contributed by atoms with Crippen molar-refractivity contribution < 1.29 is 18.5 Å². The lowest BCUT2D eigenvalue weighted by Crippen LogP contribution is -2.41. The fourth-order valence-electron chi connectivity index (χ4n) is 2.58. The zero-order valence-corrected chi connectivity index (χ0v) is 12.5. The molecule has 0 aromatic carbocycles. The average Bonchev–Trinajstić information content (AvgIpc) is 3.14. The number of anilines is 1. The Balaban J connectivity index is 1.70. The van der Waals surface area contributed by atoms with Crippen LogP contribution in [0.15, 0.2) is 27.1 Å². The minimum absolute atomic E-state index is 0.0504. The van der Waals surface area contributed by atoms with Crippen molar-refractivity contribution in [2.24, 2.45) is 0 Å². The van der Waals surface area contributed by atoms with Crippen LogP contribution in [0, 0.1) is 13.8 Å². The smallest absolute Gasteiger partial charge is 0.248 e. The molecule has 2 aromatic heterocycles. The van der Waals surface area contributed by atoms with E-state index in [4.69, 9.17) is 8.94 Å². The first-order chi connectivity index (χ1) is 10.5. The fraction of sp³-hybridized carbons (Fsp3) is 0.400. The number of carbonyl (C=O) groups excluding carboxylic acids is 2. The summed E-state index contributed by atoms with van der Waals surface area (Å²) in [6.07, 6.45) is 0.844. The molecule has 1 atom stereocenters. The number of aromatic nitrogens is 1. The molecule has 2 amide bonds. The lowest BCUT2D eigenvalue weighted by Gasteiger charge is -2.22. The van der Waals surface area contributed by atoms with Gasteiger partial charge in [0.1, 0.15) is 23.3 Å². The predicted octanol–water partition coefficient (Wildman–Crippen LogP) is 2.01. The Bertz CT molecular complexity index is 703. The molecule has 0 saturated carbocycles. The van der Waals surface area contributed by atoms with E-state index >= 15 is 0 Å². The Morgan fingerprint density at radius 3 is 2.86 bits per heavy atom. The summed E-state index contributed by atoms with van der Waals surface area (Å²) in [5, 5.41) is 6.41. The summed E-state index contributed by atoms with van der Waals surface area (Å²) in [7, 11) is 0. The van der Waals surface area contributed by atoms with Crippen LogP contribution < -0.4 is 5.32 Å². The molecule has 116 valence electrons. The molecule has 3 heterocycles. The molecule has 1 aliphatic rings. The Morgan fingerprint density at radius 2 is 2.23 bits per heavy atom. The standard InChI is InChI=1S/C15H17N3O4/c1-9-3-4-11(21-9)8-18-12(5-6-14(18)19)15(20)16-13-7-10(2)22-17-13/h3-4,7,12H,5-6,8H2,1-2H3,(H,16,17,20)/t12-/m0/s1. The summed E-state index contributed by atoms with van der Waals surface area (Å²) in [4.78, 5) is 25.9. The SMILES string of the molecule is Cc1cc(NC(=O)[C@@H]2CCC(=O)N2Cc2ccc(C)o2)no1. The summed E-state index contributed by atoms with van der Waals surface area (Å²) in [5.74, 6) is 2.10. The van der Waals surface area contributed by atoms with Crippen LogP contribution in [-0.2, 0) is 16.1 Å². The van der Waals surface area contributed by atoms with Crippen molar-refractivity contribution in [2.75, 3.05) is 5.32 Å². The van der Waals surface area contributed by atoms with Crippen LogP contribution in [0.5, 0.6) is 0 Å². The molecular weight excluding hydrogens is 286 g/mol. The Hall–Kier alpha value is -2.57. The summed E-state index contributed by atoms with van der Waals surface area (Å²) < 4.78 is 10.4. The molecule has 1 fully saturated rings. The summed E-state index contributed by atoms with van der Waals surface area (Å²) in [5.41, 5.74) is 0. The van der Waals surface area contributed by atoms with E-state index < -0.39 is 6.04 Å². The second-order valence-electron chi connectivity index (χ2n) is 5.40. The largest absolute Gasteiger partial charge is 0.464 e. The van der Waals surface area contributed by atoms with Crippen LogP contribution in [0.25, 0.3) is 0 Å². The summed E-state index contributed by atoms with van der Waals surface area (Å²) in [6.45, 7) is 3.88. The van der Waals surface area contributed by atoms with Crippen LogP contribution in [0.3, 0.4) is 0 Å². The summed E-state index contributed by atoms with van der Waals surface area (Å²) in [6, 6.07) is 4.77. The number of hydrogen-bond acceptors (Lipinski definition) is 5. The van der Waals surface area contributed by atoms with E-state index in [-0.39, 0.29) is 11.8 Å². The van der Waals surface area contributed by atoms with Crippen molar-refractivity contribution in [3.63, 3.8) is 0 Å². The molecule has 0 unspecified atom stereocenters. The first kappa shape index (κ1) is 14.4. The van der Waals surface area contributed by atoms with E-state index in [2.05, 4.69) is 10.5 Å². The highest BCUT2D eigenvalue weighted by atomic mass is 16.5. The molecule has 22 heavy (non-hydrogen) atoms. The number of hydrogen-bond donors (Lipinski definition) is 1. The van der Waals surface area contributed by atoms with Gasteiger partial charge in [0.05, 0.1) is 6.54 Å². The van der Waals surface area contributed by atoms with Crippen LogP contribution in [0.2, 0.25) is 0 Å². The number of nitrogens with one attached hydrogen (secondary N) is 1. The second-order valence-corrected chi connectivity index (χ2v) is 5.40. The van der Waals surface area contributed by atoms with Gasteiger partial charge in [-0.1, -0.05) is 5.16 Å². The van der Waals surface area contributed by atoms with Crippen molar-refractivity contribution in [3.05, 3.63) is 35.5 Å². The Kier molecular flexibility index (Phi) is 3.70. The Labute approximate surface area is 127 Å². The molecule has 0 bridgehead atoms. The number of carbonyl (C=O) groups is 2. The predicted molar refractivity (Wildman–Crippen MR) is 76.9 cm³/mol. The number of amides is 2. The summed E-state index contributed by atoms with van der Waals surface area (Å²) >= 11 is 0. The van der Waals surface area contributed by atoms with Gasteiger partial charge in [0.15, 0.2) is 5.82 Å². The zero-order chi connectivity index (χ0) is 15.7. The van der Waals surface area contributed by atoms with Crippen molar-refractivity contribution >= 4 is 17.6 Å². The number of nitrogens with zero attached hydrogens (tertiary/aromatic N) is 2. The highest BCUT2D eigenvalue weighted by Crippen LogP contribution is 2.23. The quantitative estimate of drug-likeness (QED) is 0.933. The second kappa shape index (κ2) is 5.67. The van der Waals surface area contributed by atoms with E-state index in [1.165, 1.54) is 0 Å². The van der Waals surface area contributed by atoms with Gasteiger partial charge in [0.2, 0.25) is 11.8 Å². The number of aryl methyl sites for hydroxylation is 2. The van der Waals surface area contributed by atoms with Gasteiger partial charge in [-0.15, -0.1) is 0 Å². The minimum Gasteiger partial charge on any atom is -0.464 e. The van der Waals surface area contributed by atoms with Gasteiger partial charge in [-0.05, 0) is 32.4 Å². The normalized spacial score (nSPS) is 18.0. The van der Waals surface area contributed by atoms with Crippen LogP contribution in [0.4, 0.5) is 5.82 Å². The maximum atomic E-state index is 12.4. The first-order valence-electron chi connectivity index (χ1n) is 7.12. The maximum Gasteiger partial charge on any atom is 0.248 e. The highest BCUT2D eigenvalue weighted by Gasteiger charge is 2.36. The maximum absolute atomic E-state index is 12.4. The van der Waals surface area contributed by atoms with Crippen molar-refractivity contribution in [1.29, 1.82) is 0 Å². The van der Waals surface area contributed by atoms with Crippen LogP contribution in [-0.4, -0.2) is 27.9 Å². The monoisotopic (exact) mass is 303 g/mol. The first-order valence-corrected chi connectivity index (χ1v) is 7.12. The molecule has 1 aliphatic heterocycles. The van der Waals surface area contributed by atoms with Crippen molar-refractivity contribution in [1.82, 2.24) is 10.1 Å². The van der Waals surface area contributed by atoms with Gasteiger partial charge in [-0.25, -0.2) is 0 Å². The topological polar surface area (TPSA) is 88.6 Å². The molecule has 3 rings (SSSR count).